The van der Waals surface area contributed by atoms with Crippen molar-refractivity contribution in [2.45, 2.75) is 6.92 Å². The number of anilines is 1. The number of ether oxygens (including phenoxy) is 2. The van der Waals surface area contributed by atoms with Gasteiger partial charge in [-0.25, -0.2) is 4.39 Å². The molecule has 0 unspecified atom stereocenters. The second-order valence-electron chi connectivity index (χ2n) is 4.59. The van der Waals surface area contributed by atoms with Crippen LogP contribution in [0.3, 0.4) is 0 Å². The molecule has 0 amide bonds. The predicted molar refractivity (Wildman–Crippen MR) is 78.5 cm³/mol. The van der Waals surface area contributed by atoms with E-state index >= 15 is 0 Å². The van der Waals surface area contributed by atoms with Gasteiger partial charge in [0, 0.05) is 22.9 Å². The van der Waals surface area contributed by atoms with Crippen molar-refractivity contribution in [2.24, 2.45) is 0 Å². The highest BCUT2D eigenvalue weighted by Gasteiger charge is 2.17. The maximum atomic E-state index is 13.3. The van der Waals surface area contributed by atoms with Crippen LogP contribution in [0.2, 0.25) is 0 Å². The number of nitrogen functional groups attached to an aromatic ring is 1. The number of hydrogen-bond donors (Lipinski definition) is 1. The largest absolute Gasteiger partial charge is 0.493 e. The lowest BCUT2D eigenvalue weighted by Gasteiger charge is -2.12. The molecule has 0 radical (unpaired) electrons. The molecular weight excluding hydrogens is 273 g/mol. The fraction of sp³-hybridized carbons (Fsp3) is 0.188. The average Bonchev–Trinajstić information content (AvgIpc) is 2.49. The van der Waals surface area contributed by atoms with Gasteiger partial charge >= 0.3 is 0 Å². The molecule has 0 bridgehead atoms. The summed E-state index contributed by atoms with van der Waals surface area (Å²) >= 11 is 0. The molecule has 0 saturated carbocycles. The minimum atomic E-state index is -0.355. The summed E-state index contributed by atoms with van der Waals surface area (Å²) in [6.07, 6.45) is 0. The molecule has 0 aliphatic carbocycles. The summed E-state index contributed by atoms with van der Waals surface area (Å²) in [7, 11) is 2.96. The second kappa shape index (κ2) is 5.83. The normalized spacial score (nSPS) is 10.3. The van der Waals surface area contributed by atoms with Crippen LogP contribution in [0.15, 0.2) is 30.3 Å². The van der Waals surface area contributed by atoms with Gasteiger partial charge < -0.3 is 15.2 Å². The number of ketones is 1. The molecule has 110 valence electrons. The molecule has 0 atom stereocenters. The zero-order chi connectivity index (χ0) is 15.6. The fourth-order valence-electron chi connectivity index (χ4n) is 2.03. The van der Waals surface area contributed by atoms with Gasteiger partial charge in [0.15, 0.2) is 17.3 Å². The van der Waals surface area contributed by atoms with Crippen LogP contribution in [0.1, 0.15) is 21.5 Å². The Bertz CT molecular complexity index is 698. The Kier molecular flexibility index (Phi) is 4.12. The second-order valence-corrected chi connectivity index (χ2v) is 4.59. The van der Waals surface area contributed by atoms with Crippen molar-refractivity contribution in [3.63, 3.8) is 0 Å². The summed E-state index contributed by atoms with van der Waals surface area (Å²) in [6, 6.07) is 7.24. The van der Waals surface area contributed by atoms with E-state index in [1.807, 2.05) is 0 Å². The van der Waals surface area contributed by atoms with Crippen molar-refractivity contribution >= 4 is 11.5 Å². The first-order valence-electron chi connectivity index (χ1n) is 6.30. The van der Waals surface area contributed by atoms with Crippen LogP contribution in [-0.4, -0.2) is 20.0 Å². The Morgan fingerprint density at radius 1 is 1.10 bits per heavy atom. The van der Waals surface area contributed by atoms with Crippen molar-refractivity contribution in [1.29, 1.82) is 0 Å². The fourth-order valence-corrected chi connectivity index (χ4v) is 2.03. The predicted octanol–water partition coefficient (Wildman–Crippen LogP) is 2.96. The molecule has 2 rings (SSSR count). The highest BCUT2D eigenvalue weighted by Crippen LogP contribution is 2.33. The number of aryl methyl sites for hydroxylation is 1. The number of benzene rings is 2. The van der Waals surface area contributed by atoms with Crippen LogP contribution in [-0.2, 0) is 0 Å². The van der Waals surface area contributed by atoms with Crippen molar-refractivity contribution in [1.82, 2.24) is 0 Å². The number of hydrogen-bond acceptors (Lipinski definition) is 4. The maximum absolute atomic E-state index is 13.3. The smallest absolute Gasteiger partial charge is 0.195 e. The van der Waals surface area contributed by atoms with Crippen LogP contribution in [0.4, 0.5) is 10.1 Å². The van der Waals surface area contributed by atoms with Crippen LogP contribution in [0.5, 0.6) is 11.5 Å². The van der Waals surface area contributed by atoms with E-state index in [1.165, 1.54) is 44.6 Å². The van der Waals surface area contributed by atoms with E-state index in [0.717, 1.165) is 0 Å². The van der Waals surface area contributed by atoms with Crippen molar-refractivity contribution in [2.75, 3.05) is 20.0 Å². The zero-order valence-electron chi connectivity index (χ0n) is 12.1. The van der Waals surface area contributed by atoms with Crippen LogP contribution < -0.4 is 15.2 Å². The molecular formula is C16H16FNO3. The number of carbonyl (C=O) groups excluding carboxylic acids is 1. The minimum absolute atomic E-state index is 0.277. The Labute approximate surface area is 122 Å². The van der Waals surface area contributed by atoms with E-state index < -0.39 is 0 Å². The standard InChI is InChI=1S/C16H16FNO3/c1-9-6-10(4-5-12(9)17)16(19)11-7-14(20-2)15(21-3)8-13(11)18/h4-8H,18H2,1-3H3. The van der Waals surface area contributed by atoms with Gasteiger partial charge in [0.05, 0.1) is 14.2 Å². The third kappa shape index (κ3) is 2.81. The van der Waals surface area contributed by atoms with Gasteiger partial charge in [-0.2, -0.15) is 0 Å². The van der Waals surface area contributed by atoms with Gasteiger partial charge in [-0.05, 0) is 36.8 Å². The third-order valence-electron chi connectivity index (χ3n) is 3.22. The molecule has 0 aliphatic heterocycles. The Balaban J connectivity index is 2.50. The molecule has 4 nitrogen and oxygen atoms in total. The molecule has 0 aliphatic rings. The topological polar surface area (TPSA) is 61.5 Å². The van der Waals surface area contributed by atoms with Crippen LogP contribution in [0, 0.1) is 12.7 Å². The molecule has 0 fully saturated rings. The number of halogens is 1. The quantitative estimate of drug-likeness (QED) is 0.694. The Morgan fingerprint density at radius 2 is 1.71 bits per heavy atom. The lowest BCUT2D eigenvalue weighted by Crippen LogP contribution is -2.07. The Hall–Kier alpha value is -2.56. The molecule has 0 aromatic heterocycles. The average molecular weight is 289 g/mol. The van der Waals surface area contributed by atoms with E-state index in [9.17, 15) is 9.18 Å². The lowest BCUT2D eigenvalue weighted by atomic mass is 9.99. The van der Waals surface area contributed by atoms with E-state index in [4.69, 9.17) is 15.2 Å². The monoisotopic (exact) mass is 289 g/mol. The number of rotatable bonds is 4. The van der Waals surface area contributed by atoms with E-state index in [2.05, 4.69) is 0 Å². The van der Waals surface area contributed by atoms with Crippen molar-refractivity contribution < 1.29 is 18.7 Å². The van der Waals surface area contributed by atoms with Gasteiger partial charge in [0.1, 0.15) is 5.82 Å². The van der Waals surface area contributed by atoms with Crippen molar-refractivity contribution in [3.05, 3.63) is 52.8 Å². The Morgan fingerprint density at radius 3 is 2.29 bits per heavy atom. The zero-order valence-corrected chi connectivity index (χ0v) is 12.1. The SMILES string of the molecule is COc1cc(N)c(C(=O)c2ccc(F)c(C)c2)cc1OC. The third-order valence-corrected chi connectivity index (χ3v) is 3.22. The molecule has 21 heavy (non-hydrogen) atoms. The highest BCUT2D eigenvalue weighted by molar-refractivity contribution is 6.12. The summed E-state index contributed by atoms with van der Waals surface area (Å²) in [5, 5.41) is 0. The van der Waals surface area contributed by atoms with Gasteiger partial charge in [0.2, 0.25) is 0 Å². The molecule has 2 aromatic carbocycles. The summed E-state index contributed by atoms with van der Waals surface area (Å²) in [4.78, 5) is 12.5. The van der Waals surface area contributed by atoms with Gasteiger partial charge in [-0.3, -0.25) is 4.79 Å². The first-order chi connectivity index (χ1) is 9.97. The summed E-state index contributed by atoms with van der Waals surface area (Å²) in [5.74, 6) is 0.208. The molecule has 0 saturated heterocycles. The molecule has 2 N–H and O–H groups in total. The summed E-state index contributed by atoms with van der Waals surface area (Å²) in [5.41, 5.74) is 7.24. The van der Waals surface area contributed by atoms with Crippen molar-refractivity contribution in [3.8, 4) is 11.5 Å². The van der Waals surface area contributed by atoms with Crippen LogP contribution >= 0.6 is 0 Å². The summed E-state index contributed by atoms with van der Waals surface area (Å²) in [6.45, 7) is 1.60. The molecule has 5 heteroatoms. The highest BCUT2D eigenvalue weighted by atomic mass is 19.1. The molecule has 0 heterocycles. The molecule has 2 aromatic rings. The van der Waals surface area contributed by atoms with Crippen LogP contribution in [0.25, 0.3) is 0 Å². The maximum Gasteiger partial charge on any atom is 0.195 e. The van der Waals surface area contributed by atoms with E-state index in [-0.39, 0.29) is 17.3 Å². The first kappa shape index (κ1) is 14.8. The molecule has 0 spiro atoms. The lowest BCUT2D eigenvalue weighted by molar-refractivity contribution is 0.103. The van der Waals surface area contributed by atoms with Gasteiger partial charge in [0.25, 0.3) is 0 Å². The number of nitrogens with two attached hydrogens (primary N) is 1. The number of methoxy groups -OCH3 is 2. The van der Waals surface area contributed by atoms with E-state index in [0.29, 0.717) is 28.2 Å². The minimum Gasteiger partial charge on any atom is -0.493 e. The van der Waals surface area contributed by atoms with Gasteiger partial charge in [-0.15, -0.1) is 0 Å². The first-order valence-corrected chi connectivity index (χ1v) is 6.30. The van der Waals surface area contributed by atoms with E-state index in [1.54, 1.807) is 6.92 Å². The number of carbonyl (C=O) groups is 1. The van der Waals surface area contributed by atoms with Gasteiger partial charge in [-0.1, -0.05) is 0 Å². The summed E-state index contributed by atoms with van der Waals surface area (Å²) < 4.78 is 23.6.